The molecular formula is C21H23ClN3O2-. The van der Waals surface area contributed by atoms with Crippen molar-refractivity contribution in [1.82, 2.24) is 4.98 Å². The van der Waals surface area contributed by atoms with Crippen molar-refractivity contribution < 1.29 is 21.9 Å². The van der Waals surface area contributed by atoms with E-state index < -0.39 is 0 Å². The molecule has 0 bridgehead atoms. The second-order valence-corrected chi connectivity index (χ2v) is 6.47. The number of pyridine rings is 1. The largest absolute Gasteiger partial charge is 1.00 e. The molecule has 3 aromatic rings. The predicted octanol–water partition coefficient (Wildman–Crippen LogP) is 1.14. The number of hydrogen-bond donors (Lipinski definition) is 1. The van der Waals surface area contributed by atoms with E-state index in [1.165, 1.54) is 5.69 Å². The summed E-state index contributed by atoms with van der Waals surface area (Å²) in [6.07, 6.45) is 0. The summed E-state index contributed by atoms with van der Waals surface area (Å²) in [6.45, 7) is 5.49. The summed E-state index contributed by atoms with van der Waals surface area (Å²) in [7, 11) is 1.68. The van der Waals surface area contributed by atoms with Crippen molar-refractivity contribution in [2.75, 3.05) is 43.6 Å². The quantitative estimate of drug-likeness (QED) is 0.731. The maximum atomic E-state index is 5.42. The highest BCUT2D eigenvalue weighted by molar-refractivity contribution is 5.94. The normalized spacial score (nSPS) is 13.9. The average molecular weight is 385 g/mol. The molecule has 1 N–H and O–H groups in total. The fourth-order valence-corrected chi connectivity index (χ4v) is 3.30. The lowest BCUT2D eigenvalue weighted by Crippen LogP contribution is -3.00. The van der Waals surface area contributed by atoms with Crippen LogP contribution in [0.15, 0.2) is 48.5 Å². The Morgan fingerprint density at radius 1 is 1.04 bits per heavy atom. The number of nitrogens with one attached hydrogen (secondary N) is 1. The summed E-state index contributed by atoms with van der Waals surface area (Å²) >= 11 is 0. The topological polar surface area (TPSA) is 46.6 Å². The smallest absolute Gasteiger partial charge is 0.119 e. The minimum absolute atomic E-state index is 0. The number of benzene rings is 2. The molecule has 6 heteroatoms. The first-order valence-electron chi connectivity index (χ1n) is 8.88. The zero-order chi connectivity index (χ0) is 17.9. The Hall–Kier alpha value is -2.50. The number of ether oxygens (including phenoxy) is 2. The molecular weight excluding hydrogens is 362 g/mol. The van der Waals surface area contributed by atoms with Crippen LogP contribution in [0.1, 0.15) is 5.69 Å². The third-order valence-electron chi connectivity index (χ3n) is 4.67. The minimum atomic E-state index is 0. The van der Waals surface area contributed by atoms with Crippen molar-refractivity contribution in [1.29, 1.82) is 0 Å². The maximum Gasteiger partial charge on any atom is 0.119 e. The Bertz CT molecular complexity index is 909. The molecule has 5 nitrogen and oxygen atoms in total. The summed E-state index contributed by atoms with van der Waals surface area (Å²) in [5.41, 5.74) is 5.26. The van der Waals surface area contributed by atoms with E-state index in [1.807, 2.05) is 25.1 Å². The Balaban J connectivity index is 0.00000210. The van der Waals surface area contributed by atoms with E-state index in [-0.39, 0.29) is 12.4 Å². The van der Waals surface area contributed by atoms with Crippen LogP contribution < -0.4 is 27.4 Å². The lowest BCUT2D eigenvalue weighted by atomic mass is 10.1. The minimum Gasteiger partial charge on any atom is -1.00 e. The van der Waals surface area contributed by atoms with Gasteiger partial charge in [-0.1, -0.05) is 0 Å². The van der Waals surface area contributed by atoms with E-state index in [1.54, 1.807) is 7.11 Å². The van der Waals surface area contributed by atoms with Gasteiger partial charge in [0.05, 0.1) is 25.8 Å². The summed E-state index contributed by atoms with van der Waals surface area (Å²) in [6, 6.07) is 16.6. The van der Waals surface area contributed by atoms with Crippen LogP contribution in [0.5, 0.6) is 5.75 Å². The number of methoxy groups -OCH3 is 1. The standard InChI is InChI=1S/C21H23N3O2.ClH/c1-15-13-21(19-14-18(25-2)7-8-20(19)22-15)23-16-3-5-17(6-4-16)24-9-11-26-12-10-24;/h3-8,13-14H,9-12H2,1-2H3,(H,22,23);1H/p-1. The number of rotatable bonds is 4. The van der Waals surface area contributed by atoms with Gasteiger partial charge in [-0.05, 0) is 55.5 Å². The lowest BCUT2D eigenvalue weighted by Gasteiger charge is -2.29. The lowest BCUT2D eigenvalue weighted by molar-refractivity contribution is -0.00000638. The van der Waals surface area contributed by atoms with Crippen LogP contribution in [-0.4, -0.2) is 38.4 Å². The molecule has 2 heterocycles. The van der Waals surface area contributed by atoms with Gasteiger partial charge < -0.3 is 32.1 Å². The molecule has 4 rings (SSSR count). The van der Waals surface area contributed by atoms with E-state index in [0.717, 1.165) is 60.0 Å². The number of nitrogens with zero attached hydrogens (tertiary/aromatic N) is 2. The molecule has 0 unspecified atom stereocenters. The summed E-state index contributed by atoms with van der Waals surface area (Å²) in [5, 5.41) is 4.58. The number of morpholine rings is 1. The number of hydrogen-bond acceptors (Lipinski definition) is 5. The number of fused-ring (bicyclic) bond motifs is 1. The fourth-order valence-electron chi connectivity index (χ4n) is 3.30. The Morgan fingerprint density at radius 2 is 1.78 bits per heavy atom. The number of anilines is 3. The average Bonchev–Trinajstić information content (AvgIpc) is 2.69. The Kier molecular flexibility index (Phi) is 6.04. The molecule has 1 aliphatic rings. The third-order valence-corrected chi connectivity index (χ3v) is 4.67. The zero-order valence-electron chi connectivity index (χ0n) is 15.5. The third kappa shape index (κ3) is 4.26. The number of aromatic nitrogens is 1. The molecule has 142 valence electrons. The van der Waals surface area contributed by atoms with Crippen molar-refractivity contribution in [3.8, 4) is 5.75 Å². The van der Waals surface area contributed by atoms with Crippen LogP contribution in [0.25, 0.3) is 10.9 Å². The van der Waals surface area contributed by atoms with Gasteiger partial charge in [-0.25, -0.2) is 0 Å². The van der Waals surface area contributed by atoms with E-state index in [2.05, 4.69) is 45.5 Å². The van der Waals surface area contributed by atoms with Crippen LogP contribution in [-0.2, 0) is 4.74 Å². The van der Waals surface area contributed by atoms with E-state index in [0.29, 0.717) is 0 Å². The van der Waals surface area contributed by atoms with Gasteiger partial charge in [-0.2, -0.15) is 0 Å². The van der Waals surface area contributed by atoms with E-state index >= 15 is 0 Å². The highest BCUT2D eigenvalue weighted by Gasteiger charge is 2.11. The van der Waals surface area contributed by atoms with Crippen molar-refractivity contribution >= 4 is 28.0 Å². The maximum absolute atomic E-state index is 5.42. The number of halogens is 1. The molecule has 0 atom stereocenters. The molecule has 1 aliphatic heterocycles. The fraction of sp³-hybridized carbons (Fsp3) is 0.286. The Labute approximate surface area is 165 Å². The van der Waals surface area contributed by atoms with Crippen LogP contribution >= 0.6 is 0 Å². The van der Waals surface area contributed by atoms with Gasteiger partial charge in [0.1, 0.15) is 5.75 Å². The highest BCUT2D eigenvalue weighted by Crippen LogP contribution is 2.30. The monoisotopic (exact) mass is 384 g/mol. The van der Waals surface area contributed by atoms with Gasteiger partial charge in [0.25, 0.3) is 0 Å². The van der Waals surface area contributed by atoms with Crippen LogP contribution in [0.2, 0.25) is 0 Å². The van der Waals surface area contributed by atoms with Gasteiger partial charge in [0.2, 0.25) is 0 Å². The van der Waals surface area contributed by atoms with Gasteiger partial charge >= 0.3 is 0 Å². The summed E-state index contributed by atoms with van der Waals surface area (Å²) in [5.74, 6) is 0.828. The van der Waals surface area contributed by atoms with Gasteiger partial charge in [0, 0.05) is 41.2 Å². The van der Waals surface area contributed by atoms with Crippen LogP contribution in [0.3, 0.4) is 0 Å². The second-order valence-electron chi connectivity index (χ2n) is 6.47. The van der Waals surface area contributed by atoms with E-state index in [4.69, 9.17) is 9.47 Å². The van der Waals surface area contributed by atoms with Crippen molar-refractivity contribution in [3.63, 3.8) is 0 Å². The molecule has 0 radical (unpaired) electrons. The summed E-state index contributed by atoms with van der Waals surface area (Å²) < 4.78 is 10.8. The first-order valence-corrected chi connectivity index (χ1v) is 8.88. The summed E-state index contributed by atoms with van der Waals surface area (Å²) in [4.78, 5) is 6.97. The molecule has 0 spiro atoms. The first-order chi connectivity index (χ1) is 12.7. The van der Waals surface area contributed by atoms with Gasteiger partial charge in [0.15, 0.2) is 0 Å². The van der Waals surface area contributed by atoms with E-state index in [9.17, 15) is 0 Å². The Morgan fingerprint density at radius 3 is 2.48 bits per heavy atom. The molecule has 0 saturated carbocycles. The first kappa shape index (κ1) is 19.3. The molecule has 1 aromatic heterocycles. The van der Waals surface area contributed by atoms with Crippen molar-refractivity contribution in [3.05, 3.63) is 54.2 Å². The molecule has 1 saturated heterocycles. The SMILES string of the molecule is COc1ccc2nc(C)cc(Nc3ccc(N4CCOCC4)cc3)c2c1.[Cl-]. The molecule has 0 amide bonds. The zero-order valence-corrected chi connectivity index (χ0v) is 16.3. The van der Waals surface area contributed by atoms with Crippen LogP contribution in [0.4, 0.5) is 17.1 Å². The molecule has 0 aliphatic carbocycles. The second kappa shape index (κ2) is 8.46. The highest BCUT2D eigenvalue weighted by atomic mass is 35.5. The van der Waals surface area contributed by atoms with Crippen molar-refractivity contribution in [2.24, 2.45) is 0 Å². The number of aryl methyl sites for hydroxylation is 1. The molecule has 27 heavy (non-hydrogen) atoms. The van der Waals surface area contributed by atoms with Crippen molar-refractivity contribution in [2.45, 2.75) is 6.92 Å². The molecule has 1 fully saturated rings. The molecule has 2 aromatic carbocycles. The van der Waals surface area contributed by atoms with Gasteiger partial charge in [-0.3, -0.25) is 4.98 Å². The predicted molar refractivity (Wildman–Crippen MR) is 106 cm³/mol. The van der Waals surface area contributed by atoms with Crippen LogP contribution in [0, 0.1) is 6.92 Å². The van der Waals surface area contributed by atoms with Gasteiger partial charge in [-0.15, -0.1) is 0 Å².